The Morgan fingerprint density at radius 2 is 0.789 bits per heavy atom. The summed E-state index contributed by atoms with van der Waals surface area (Å²) in [7, 11) is -2.94. The van der Waals surface area contributed by atoms with Gasteiger partial charge in [0.2, 0.25) is 0 Å². The first-order valence-electron chi connectivity index (χ1n) is 19.7. The minimum Gasteiger partial charge on any atom is -0.309 e. The van der Waals surface area contributed by atoms with Gasteiger partial charge in [-0.25, -0.2) is 0 Å². The van der Waals surface area contributed by atoms with E-state index in [2.05, 4.69) is 240 Å². The lowest BCUT2D eigenvalue weighted by Crippen LogP contribution is -2.75. The highest BCUT2D eigenvalue weighted by Gasteiger charge is 2.43. The van der Waals surface area contributed by atoms with Gasteiger partial charge >= 0.3 is 0 Å². The highest BCUT2D eigenvalue weighted by atomic mass is 28.3. The minimum atomic E-state index is -2.94. The molecule has 0 saturated heterocycles. The number of fused-ring (bicyclic) bond motifs is 6. The third-order valence-electron chi connectivity index (χ3n) is 11.8. The zero-order chi connectivity index (χ0) is 37.8. The van der Waals surface area contributed by atoms with Gasteiger partial charge in [-0.2, -0.15) is 0 Å². The van der Waals surface area contributed by atoms with Crippen molar-refractivity contribution in [3.05, 3.63) is 231 Å². The van der Waals surface area contributed by atoms with Gasteiger partial charge in [0.1, 0.15) is 0 Å². The molecule has 0 spiro atoms. The Morgan fingerprint density at radius 1 is 0.316 bits per heavy atom. The monoisotopic (exact) mass is 742 g/mol. The Hall–Kier alpha value is -7.20. The summed E-state index contributed by atoms with van der Waals surface area (Å²) in [5.74, 6) is 0. The zero-order valence-electron chi connectivity index (χ0n) is 31.3. The first-order chi connectivity index (χ1) is 28.3. The molecule has 11 rings (SSSR count). The molecule has 0 bridgehead atoms. The second kappa shape index (κ2) is 13.5. The van der Waals surface area contributed by atoms with Crippen molar-refractivity contribution in [2.75, 3.05) is 0 Å². The Morgan fingerprint density at radius 3 is 1.39 bits per heavy atom. The molecule has 2 heterocycles. The minimum absolute atomic E-state index is 1.14. The van der Waals surface area contributed by atoms with E-state index in [9.17, 15) is 0 Å². The van der Waals surface area contributed by atoms with E-state index in [0.29, 0.717) is 0 Å². The van der Waals surface area contributed by atoms with Gasteiger partial charge in [-0.1, -0.05) is 194 Å². The van der Waals surface area contributed by atoms with Gasteiger partial charge in [0.15, 0.2) is 8.07 Å². The van der Waals surface area contributed by atoms with Crippen molar-refractivity contribution in [2.45, 2.75) is 0 Å². The zero-order valence-corrected chi connectivity index (χ0v) is 32.3. The number of hydrogen-bond donors (Lipinski definition) is 0. The van der Waals surface area contributed by atoms with Crippen LogP contribution in [-0.2, 0) is 0 Å². The molecular formula is C54H38N2Si. The van der Waals surface area contributed by atoms with E-state index in [1.54, 1.807) is 0 Å². The van der Waals surface area contributed by atoms with Gasteiger partial charge in [0, 0.05) is 32.9 Å². The van der Waals surface area contributed by atoms with Crippen LogP contribution in [0.15, 0.2) is 231 Å². The fourth-order valence-corrected chi connectivity index (χ4v) is 14.5. The van der Waals surface area contributed by atoms with Gasteiger partial charge < -0.3 is 9.13 Å². The Kier molecular flexibility index (Phi) is 7.87. The summed E-state index contributed by atoms with van der Waals surface area (Å²) in [6, 6.07) is 85.3. The van der Waals surface area contributed by atoms with Crippen LogP contribution in [0.4, 0.5) is 0 Å². The molecule has 11 aromatic rings. The van der Waals surface area contributed by atoms with Crippen LogP contribution in [0.5, 0.6) is 0 Å². The number of nitrogens with zero attached hydrogens (tertiary/aromatic N) is 2. The van der Waals surface area contributed by atoms with E-state index in [0.717, 1.165) is 11.4 Å². The summed E-state index contributed by atoms with van der Waals surface area (Å²) in [6.45, 7) is 0. The summed E-state index contributed by atoms with van der Waals surface area (Å²) >= 11 is 0. The molecule has 268 valence electrons. The van der Waals surface area contributed by atoms with E-state index >= 15 is 0 Å². The topological polar surface area (TPSA) is 9.86 Å². The van der Waals surface area contributed by atoms with Crippen LogP contribution in [0.3, 0.4) is 0 Å². The normalized spacial score (nSPS) is 11.9. The van der Waals surface area contributed by atoms with Crippen molar-refractivity contribution in [2.24, 2.45) is 0 Å². The lowest BCUT2D eigenvalue weighted by atomic mass is 9.98. The Labute approximate surface area is 333 Å². The van der Waals surface area contributed by atoms with Crippen molar-refractivity contribution < 1.29 is 0 Å². The summed E-state index contributed by atoms with van der Waals surface area (Å²) in [5.41, 5.74) is 9.52. The predicted molar refractivity (Wildman–Crippen MR) is 244 cm³/mol. The summed E-state index contributed by atoms with van der Waals surface area (Å²) in [4.78, 5) is 0. The number of hydrogen-bond acceptors (Lipinski definition) is 0. The lowest BCUT2D eigenvalue weighted by Gasteiger charge is -2.35. The molecule has 0 amide bonds. The van der Waals surface area contributed by atoms with Crippen LogP contribution < -0.4 is 20.7 Å². The summed E-state index contributed by atoms with van der Waals surface area (Å²) in [6.07, 6.45) is 0. The number of aromatic nitrogens is 2. The van der Waals surface area contributed by atoms with Crippen LogP contribution in [0, 0.1) is 0 Å². The van der Waals surface area contributed by atoms with Gasteiger partial charge in [0.25, 0.3) is 0 Å². The lowest BCUT2D eigenvalue weighted by molar-refractivity contribution is 1.16. The average molecular weight is 743 g/mol. The molecule has 0 aliphatic heterocycles. The highest BCUT2D eigenvalue weighted by Crippen LogP contribution is 2.42. The van der Waals surface area contributed by atoms with Gasteiger partial charge in [-0.05, 0) is 68.3 Å². The molecule has 0 radical (unpaired) electrons. The van der Waals surface area contributed by atoms with Crippen LogP contribution in [0.2, 0.25) is 0 Å². The van der Waals surface area contributed by atoms with Gasteiger partial charge in [-0.3, -0.25) is 0 Å². The molecule has 3 heteroatoms. The van der Waals surface area contributed by atoms with Crippen molar-refractivity contribution >= 4 is 72.4 Å². The second-order valence-corrected chi connectivity index (χ2v) is 18.6. The second-order valence-electron chi connectivity index (χ2n) is 14.8. The molecular weight excluding hydrogens is 705 g/mol. The molecule has 9 aromatic carbocycles. The molecule has 0 atom stereocenters. The highest BCUT2D eigenvalue weighted by molar-refractivity contribution is 7.20. The van der Waals surface area contributed by atoms with E-state index < -0.39 is 8.07 Å². The largest absolute Gasteiger partial charge is 0.309 e. The first-order valence-corrected chi connectivity index (χ1v) is 21.7. The number of rotatable bonds is 7. The number of benzene rings is 9. The molecule has 0 saturated carbocycles. The van der Waals surface area contributed by atoms with E-state index in [4.69, 9.17) is 0 Å². The summed E-state index contributed by atoms with van der Waals surface area (Å²) in [5, 5.41) is 10.4. The number of para-hydroxylation sites is 4. The molecule has 0 aliphatic carbocycles. The third kappa shape index (κ3) is 5.10. The van der Waals surface area contributed by atoms with Crippen molar-refractivity contribution in [1.82, 2.24) is 9.13 Å². The molecule has 0 unspecified atom stereocenters. The molecule has 0 aliphatic rings. The van der Waals surface area contributed by atoms with Crippen molar-refractivity contribution in [3.8, 4) is 22.5 Å². The van der Waals surface area contributed by atoms with E-state index in [1.807, 2.05) is 0 Å². The smallest absolute Gasteiger partial charge is 0.181 e. The first kappa shape index (κ1) is 33.2. The van der Waals surface area contributed by atoms with Crippen molar-refractivity contribution in [3.63, 3.8) is 0 Å². The fourth-order valence-electron chi connectivity index (χ4n) is 9.53. The SMILES string of the molecule is c1ccc(-c2cc(-n3c4ccccc4c4cccc([Si](c5ccccc5)(c5ccccc5)c5ccccc5)c43)cc3c2c2ccccc2n3-c2ccccc2)cc1. The maximum atomic E-state index is 2.58. The Balaban J connectivity index is 1.35. The average Bonchev–Trinajstić information content (AvgIpc) is 3.81. The van der Waals surface area contributed by atoms with E-state index in [-0.39, 0.29) is 0 Å². The molecule has 0 N–H and O–H groups in total. The van der Waals surface area contributed by atoms with Crippen LogP contribution in [-0.4, -0.2) is 17.2 Å². The van der Waals surface area contributed by atoms with Crippen LogP contribution >= 0.6 is 0 Å². The maximum absolute atomic E-state index is 2.94. The third-order valence-corrected chi connectivity index (χ3v) is 16.6. The fraction of sp³-hybridized carbons (Fsp3) is 0. The molecule has 57 heavy (non-hydrogen) atoms. The van der Waals surface area contributed by atoms with Crippen LogP contribution in [0.25, 0.3) is 66.1 Å². The predicted octanol–water partition coefficient (Wildman–Crippen LogP) is 10.9. The maximum Gasteiger partial charge on any atom is 0.181 e. The van der Waals surface area contributed by atoms with E-state index in [1.165, 1.54) is 75.5 Å². The molecule has 2 aromatic heterocycles. The van der Waals surface area contributed by atoms with Gasteiger partial charge in [-0.15, -0.1) is 0 Å². The van der Waals surface area contributed by atoms with Crippen LogP contribution in [0.1, 0.15) is 0 Å². The quantitative estimate of drug-likeness (QED) is 0.114. The van der Waals surface area contributed by atoms with Gasteiger partial charge in [0.05, 0.1) is 22.1 Å². The Bertz CT molecular complexity index is 3110. The van der Waals surface area contributed by atoms with Crippen molar-refractivity contribution in [1.29, 1.82) is 0 Å². The molecule has 2 nitrogen and oxygen atoms in total. The molecule has 0 fully saturated rings. The summed E-state index contributed by atoms with van der Waals surface area (Å²) < 4.78 is 5.03. The standard InChI is InChI=1S/C54H38N2Si/c1-6-21-39(22-7-1)48-37-41(38-51-53(48)47-32-17-19-35-50(47)55(51)40-23-8-2-9-24-40)56-49-34-18-16-31-45(49)46-33-20-36-52(54(46)56)57(42-25-10-3-11-26-42,43-27-12-4-13-28-43)44-29-14-5-15-30-44/h1-38H.